The fraction of sp³-hybridized carbons (Fsp3) is 0.462. The smallest absolute Gasteiger partial charge is 0.260 e. The van der Waals surface area contributed by atoms with E-state index in [9.17, 15) is 13.2 Å². The molecule has 8 nitrogen and oxygen atoms in total. The van der Waals surface area contributed by atoms with Gasteiger partial charge in [-0.2, -0.15) is 4.31 Å². The second kappa shape index (κ2) is 10.8. The number of benzene rings is 2. The van der Waals surface area contributed by atoms with E-state index in [4.69, 9.17) is 9.72 Å². The second-order valence-electron chi connectivity index (χ2n) is 9.86. The van der Waals surface area contributed by atoms with E-state index in [0.717, 1.165) is 11.1 Å². The van der Waals surface area contributed by atoms with Crippen LogP contribution in [0.2, 0.25) is 0 Å². The maximum atomic E-state index is 13.6. The minimum Gasteiger partial charge on any atom is -0.494 e. The number of amides is 1. The van der Waals surface area contributed by atoms with Crippen LogP contribution in [-0.2, 0) is 10.0 Å². The van der Waals surface area contributed by atoms with Gasteiger partial charge in [0.15, 0.2) is 5.13 Å². The molecule has 1 aliphatic heterocycles. The lowest BCUT2D eigenvalue weighted by atomic mass is 9.94. The number of carbonyl (C=O) groups is 1. The first-order chi connectivity index (χ1) is 17.1. The van der Waals surface area contributed by atoms with Crippen LogP contribution in [-0.4, -0.2) is 75.9 Å². The first-order valence-corrected chi connectivity index (χ1v) is 14.4. The van der Waals surface area contributed by atoms with E-state index < -0.39 is 10.0 Å². The molecule has 0 N–H and O–H groups in total. The Bertz CT molecular complexity index is 1310. The van der Waals surface area contributed by atoms with Crippen LogP contribution >= 0.6 is 11.3 Å². The van der Waals surface area contributed by atoms with Gasteiger partial charge in [0.05, 0.1) is 16.7 Å². The van der Waals surface area contributed by atoms with E-state index in [1.54, 1.807) is 28.4 Å². The van der Waals surface area contributed by atoms with E-state index in [0.29, 0.717) is 60.0 Å². The van der Waals surface area contributed by atoms with Gasteiger partial charge in [0.1, 0.15) is 11.3 Å². The Hall–Kier alpha value is -2.53. The van der Waals surface area contributed by atoms with Gasteiger partial charge in [-0.25, -0.2) is 13.4 Å². The predicted molar refractivity (Wildman–Crippen MR) is 145 cm³/mol. The summed E-state index contributed by atoms with van der Waals surface area (Å²) in [7, 11) is 1.89. The van der Waals surface area contributed by atoms with Crippen molar-refractivity contribution in [2.24, 2.45) is 11.8 Å². The van der Waals surface area contributed by atoms with Gasteiger partial charge >= 0.3 is 0 Å². The van der Waals surface area contributed by atoms with Gasteiger partial charge in [0.25, 0.3) is 5.91 Å². The largest absolute Gasteiger partial charge is 0.494 e. The monoisotopic (exact) mass is 530 g/mol. The average Bonchev–Trinajstić information content (AvgIpc) is 3.27. The van der Waals surface area contributed by atoms with Crippen molar-refractivity contribution in [2.75, 3.05) is 52.3 Å². The van der Waals surface area contributed by atoms with Crippen molar-refractivity contribution < 1.29 is 17.9 Å². The minimum atomic E-state index is -3.61. The van der Waals surface area contributed by atoms with Gasteiger partial charge in [-0.05, 0) is 68.8 Å². The third-order valence-corrected chi connectivity index (χ3v) is 9.30. The first-order valence-electron chi connectivity index (χ1n) is 12.1. The molecule has 0 bridgehead atoms. The number of nitrogens with zero attached hydrogens (tertiary/aromatic N) is 4. The van der Waals surface area contributed by atoms with Gasteiger partial charge in [0, 0.05) is 31.7 Å². The number of carbonyl (C=O) groups excluding carboxylic acids is 1. The number of hydrogen-bond acceptors (Lipinski definition) is 7. The molecule has 4 rings (SSSR count). The van der Waals surface area contributed by atoms with Crippen LogP contribution in [0.15, 0.2) is 47.4 Å². The number of likely N-dealkylation sites (N-methyl/N-ethyl adjacent to an activating group) is 1. The highest BCUT2D eigenvalue weighted by atomic mass is 32.2. The molecule has 2 unspecified atom stereocenters. The summed E-state index contributed by atoms with van der Waals surface area (Å²) in [5.74, 6) is 1.08. The zero-order chi connectivity index (χ0) is 26.0. The highest BCUT2D eigenvalue weighted by Gasteiger charge is 2.32. The fourth-order valence-corrected chi connectivity index (χ4v) is 7.34. The SMILES string of the molecule is COc1cccc2sc(N(CCN(C)C)C(=O)c3ccc(S(=O)(=O)N4CC(C)CC(C)C4)cc3)nc12. The number of hydrogen-bond donors (Lipinski definition) is 0. The lowest BCUT2D eigenvalue weighted by molar-refractivity contribution is 0.0985. The van der Waals surface area contributed by atoms with Crippen LogP contribution in [0.4, 0.5) is 5.13 Å². The molecule has 1 amide bonds. The number of anilines is 1. The standard InChI is InChI=1S/C26H34N4O4S2/c1-18-15-19(2)17-29(16-18)36(32,33)21-11-9-20(10-12-21)25(31)30(14-13-28(3)4)26-27-24-22(34-5)7-6-8-23(24)35-26/h6-12,18-19H,13-17H2,1-5H3. The zero-order valence-corrected chi connectivity index (χ0v) is 23.1. The number of thiazole rings is 1. The lowest BCUT2D eigenvalue weighted by Crippen LogP contribution is -2.42. The van der Waals surface area contributed by atoms with Crippen molar-refractivity contribution in [1.82, 2.24) is 14.2 Å². The summed E-state index contributed by atoms with van der Waals surface area (Å²) < 4.78 is 34.5. The van der Waals surface area contributed by atoms with Crippen LogP contribution < -0.4 is 9.64 Å². The Morgan fingerprint density at radius 1 is 1.08 bits per heavy atom. The second-order valence-corrected chi connectivity index (χ2v) is 12.8. The summed E-state index contributed by atoms with van der Waals surface area (Å²) in [5, 5.41) is 0.578. The van der Waals surface area contributed by atoms with Gasteiger partial charge in [-0.3, -0.25) is 9.69 Å². The molecule has 1 fully saturated rings. The minimum absolute atomic E-state index is 0.213. The summed E-state index contributed by atoms with van der Waals surface area (Å²) in [6, 6.07) is 12.0. The van der Waals surface area contributed by atoms with Gasteiger partial charge in [-0.15, -0.1) is 0 Å². The van der Waals surface area contributed by atoms with E-state index in [-0.39, 0.29) is 10.8 Å². The molecule has 194 valence electrons. The Kier molecular flexibility index (Phi) is 7.99. The molecule has 0 aliphatic carbocycles. The molecular formula is C26H34N4O4S2. The van der Waals surface area contributed by atoms with Crippen LogP contribution in [0, 0.1) is 11.8 Å². The summed E-state index contributed by atoms with van der Waals surface area (Å²) in [6.45, 7) is 6.30. The molecule has 1 aliphatic rings. The molecule has 0 spiro atoms. The zero-order valence-electron chi connectivity index (χ0n) is 21.5. The average molecular weight is 531 g/mol. The number of piperidine rings is 1. The summed E-state index contributed by atoms with van der Waals surface area (Å²) in [4.78, 5) is 22.2. The van der Waals surface area contributed by atoms with Crippen LogP contribution in [0.25, 0.3) is 10.2 Å². The molecule has 1 aromatic heterocycles. The Balaban J connectivity index is 1.62. The number of aromatic nitrogens is 1. The molecule has 1 saturated heterocycles. The third-order valence-electron chi connectivity index (χ3n) is 6.41. The van der Waals surface area contributed by atoms with Crippen LogP contribution in [0.3, 0.4) is 0 Å². The first kappa shape index (κ1) is 26.5. The Morgan fingerprint density at radius 3 is 2.36 bits per heavy atom. The molecule has 10 heteroatoms. The highest BCUT2D eigenvalue weighted by Crippen LogP contribution is 2.35. The van der Waals surface area contributed by atoms with Crippen molar-refractivity contribution in [1.29, 1.82) is 0 Å². The van der Waals surface area contributed by atoms with Crippen molar-refractivity contribution in [3.8, 4) is 5.75 Å². The Morgan fingerprint density at radius 2 is 1.75 bits per heavy atom. The van der Waals surface area contributed by atoms with Gasteiger partial charge in [0.2, 0.25) is 10.0 Å². The van der Waals surface area contributed by atoms with E-state index >= 15 is 0 Å². The molecule has 0 saturated carbocycles. The van der Waals surface area contributed by atoms with E-state index in [1.165, 1.54) is 23.5 Å². The Labute approximate surface area is 217 Å². The van der Waals surface area contributed by atoms with Gasteiger partial charge in [-0.1, -0.05) is 31.3 Å². The summed E-state index contributed by atoms with van der Waals surface area (Å²) in [6.07, 6.45) is 1.03. The molecule has 0 radical (unpaired) electrons. The van der Waals surface area contributed by atoms with Gasteiger partial charge < -0.3 is 9.64 Å². The van der Waals surface area contributed by atoms with Crippen molar-refractivity contribution >= 4 is 42.6 Å². The lowest BCUT2D eigenvalue weighted by Gasteiger charge is -2.34. The number of rotatable bonds is 8. The maximum absolute atomic E-state index is 13.6. The molecule has 3 aromatic rings. The summed E-state index contributed by atoms with van der Waals surface area (Å²) in [5.41, 5.74) is 1.13. The fourth-order valence-electron chi connectivity index (χ4n) is 4.65. The van der Waals surface area contributed by atoms with E-state index in [2.05, 4.69) is 13.8 Å². The number of ether oxygens (including phenoxy) is 1. The molecule has 2 heterocycles. The van der Waals surface area contributed by atoms with E-state index in [1.807, 2.05) is 37.2 Å². The third kappa shape index (κ3) is 5.56. The topological polar surface area (TPSA) is 83.0 Å². The maximum Gasteiger partial charge on any atom is 0.260 e. The van der Waals surface area contributed by atoms with Crippen molar-refractivity contribution in [2.45, 2.75) is 25.2 Å². The number of para-hydroxylation sites is 1. The molecule has 2 atom stereocenters. The molecule has 36 heavy (non-hydrogen) atoms. The summed E-state index contributed by atoms with van der Waals surface area (Å²) >= 11 is 1.43. The highest BCUT2D eigenvalue weighted by molar-refractivity contribution is 7.89. The normalized spacial score (nSPS) is 19.1. The quantitative estimate of drug-likeness (QED) is 0.435. The molecular weight excluding hydrogens is 496 g/mol. The number of fused-ring (bicyclic) bond motifs is 1. The van der Waals surface area contributed by atoms with Crippen LogP contribution in [0.5, 0.6) is 5.75 Å². The number of methoxy groups -OCH3 is 1. The van der Waals surface area contributed by atoms with Crippen molar-refractivity contribution in [3.63, 3.8) is 0 Å². The van der Waals surface area contributed by atoms with Crippen LogP contribution in [0.1, 0.15) is 30.6 Å². The number of sulfonamides is 1. The van der Waals surface area contributed by atoms with Crippen molar-refractivity contribution in [3.05, 3.63) is 48.0 Å². The predicted octanol–water partition coefficient (Wildman–Crippen LogP) is 4.18. The molecule has 2 aromatic carbocycles.